The fourth-order valence-electron chi connectivity index (χ4n) is 4.00. The van der Waals surface area contributed by atoms with Crippen molar-refractivity contribution in [1.82, 2.24) is 9.55 Å². The molecule has 0 fully saturated rings. The number of aromatic nitrogens is 2. The monoisotopic (exact) mass is 519 g/mol. The first-order valence-electron chi connectivity index (χ1n) is 11.6. The van der Waals surface area contributed by atoms with Crippen molar-refractivity contribution >= 4 is 34.3 Å². The molecule has 9 nitrogen and oxygen atoms in total. The van der Waals surface area contributed by atoms with Crippen LogP contribution in [0.5, 0.6) is 23.0 Å². The molecular formula is C27H25N3O6S. The molecule has 2 heterocycles. The lowest BCUT2D eigenvalue weighted by Gasteiger charge is -2.27. The first-order chi connectivity index (χ1) is 18.1. The molecular weight excluding hydrogens is 494 g/mol. The number of methoxy groups -OCH3 is 2. The Morgan fingerprint density at radius 2 is 1.86 bits per heavy atom. The molecule has 0 bridgehead atoms. The highest BCUT2D eigenvalue weighted by Crippen LogP contribution is 2.32. The molecule has 0 spiro atoms. The molecule has 1 aliphatic heterocycles. The minimum absolute atomic E-state index is 0.0238. The van der Waals surface area contributed by atoms with Crippen LogP contribution in [0.25, 0.3) is 10.9 Å². The van der Waals surface area contributed by atoms with Crippen LogP contribution in [0.3, 0.4) is 0 Å². The predicted molar refractivity (Wildman–Crippen MR) is 141 cm³/mol. The van der Waals surface area contributed by atoms with Crippen LogP contribution in [0.15, 0.2) is 76.7 Å². The van der Waals surface area contributed by atoms with Gasteiger partial charge in [-0.15, -0.1) is 0 Å². The summed E-state index contributed by atoms with van der Waals surface area (Å²) in [5.41, 5.74) is 0.848. The molecule has 0 radical (unpaired) electrons. The Bertz CT molecular complexity index is 1510. The molecule has 4 aromatic rings. The summed E-state index contributed by atoms with van der Waals surface area (Å²) in [6.07, 6.45) is -0.398. The van der Waals surface area contributed by atoms with Crippen molar-refractivity contribution in [2.75, 3.05) is 31.9 Å². The Morgan fingerprint density at radius 1 is 1.08 bits per heavy atom. The summed E-state index contributed by atoms with van der Waals surface area (Å²) in [7, 11) is 3.08. The molecule has 37 heavy (non-hydrogen) atoms. The number of benzene rings is 3. The molecule has 1 unspecified atom stereocenters. The first kappa shape index (κ1) is 24.5. The second kappa shape index (κ2) is 10.8. The number of ether oxygens (including phenoxy) is 4. The van der Waals surface area contributed by atoms with Crippen molar-refractivity contribution < 1.29 is 23.7 Å². The average Bonchev–Trinajstić information content (AvgIpc) is 2.93. The molecule has 0 aliphatic carbocycles. The molecule has 0 saturated carbocycles. The number of nitrogens with zero attached hydrogens (tertiary/aromatic N) is 2. The topological polar surface area (TPSA) is 101 Å². The van der Waals surface area contributed by atoms with Crippen LogP contribution >= 0.6 is 11.8 Å². The van der Waals surface area contributed by atoms with Crippen LogP contribution in [0.4, 0.5) is 5.69 Å². The second-order valence-electron chi connectivity index (χ2n) is 8.23. The van der Waals surface area contributed by atoms with E-state index in [1.54, 1.807) is 48.1 Å². The summed E-state index contributed by atoms with van der Waals surface area (Å²) >= 11 is 1.17. The lowest BCUT2D eigenvalue weighted by Crippen LogP contribution is -2.37. The minimum Gasteiger partial charge on any atom is -0.497 e. The van der Waals surface area contributed by atoms with Gasteiger partial charge >= 0.3 is 0 Å². The van der Waals surface area contributed by atoms with Gasteiger partial charge in [-0.05, 0) is 36.4 Å². The van der Waals surface area contributed by atoms with Crippen LogP contribution in [0.1, 0.15) is 0 Å². The molecule has 1 atom stereocenters. The Balaban J connectivity index is 1.38. The van der Waals surface area contributed by atoms with E-state index >= 15 is 0 Å². The molecule has 1 N–H and O–H groups in total. The third kappa shape index (κ3) is 5.34. The zero-order valence-electron chi connectivity index (χ0n) is 20.3. The summed E-state index contributed by atoms with van der Waals surface area (Å²) in [4.78, 5) is 31.0. The predicted octanol–water partition coefficient (Wildman–Crippen LogP) is 3.98. The number of hydrogen-bond donors (Lipinski definition) is 1. The lowest BCUT2D eigenvalue weighted by molar-refractivity contribution is -0.113. The Morgan fingerprint density at radius 3 is 2.68 bits per heavy atom. The zero-order chi connectivity index (χ0) is 25.8. The Labute approximate surface area is 217 Å². The molecule has 10 heteroatoms. The smallest absolute Gasteiger partial charge is 0.262 e. The average molecular weight is 520 g/mol. The van der Waals surface area contributed by atoms with Gasteiger partial charge in [0.25, 0.3) is 5.56 Å². The highest BCUT2D eigenvalue weighted by molar-refractivity contribution is 7.99. The molecule has 5 rings (SSSR count). The second-order valence-corrected chi connectivity index (χ2v) is 9.17. The van der Waals surface area contributed by atoms with E-state index in [0.717, 1.165) is 0 Å². The van der Waals surface area contributed by atoms with Gasteiger partial charge in [-0.1, -0.05) is 36.0 Å². The lowest BCUT2D eigenvalue weighted by atomic mass is 10.2. The summed E-state index contributed by atoms with van der Waals surface area (Å²) in [6.45, 7) is 0.509. The van der Waals surface area contributed by atoms with Crippen molar-refractivity contribution in [3.63, 3.8) is 0 Å². The molecule has 190 valence electrons. The molecule has 3 aromatic carbocycles. The maximum absolute atomic E-state index is 13.4. The van der Waals surface area contributed by atoms with E-state index < -0.39 is 6.10 Å². The van der Waals surface area contributed by atoms with Crippen LogP contribution in [0, 0.1) is 0 Å². The quantitative estimate of drug-likeness (QED) is 0.276. The Hall–Kier alpha value is -4.18. The number of anilines is 1. The molecule has 1 aliphatic rings. The van der Waals surface area contributed by atoms with Crippen molar-refractivity contribution in [2.24, 2.45) is 0 Å². The summed E-state index contributed by atoms with van der Waals surface area (Å²) in [6, 6.07) is 19.7. The van der Waals surface area contributed by atoms with Crippen molar-refractivity contribution in [3.05, 3.63) is 77.1 Å². The largest absolute Gasteiger partial charge is 0.497 e. The summed E-state index contributed by atoms with van der Waals surface area (Å²) < 4.78 is 24.0. The fourth-order valence-corrected chi connectivity index (χ4v) is 4.81. The van der Waals surface area contributed by atoms with E-state index in [-0.39, 0.29) is 30.4 Å². The third-order valence-corrected chi connectivity index (χ3v) is 6.77. The minimum atomic E-state index is -0.398. The Kier molecular flexibility index (Phi) is 7.18. The van der Waals surface area contributed by atoms with E-state index in [1.165, 1.54) is 18.9 Å². The van der Waals surface area contributed by atoms with Crippen molar-refractivity contribution in [3.8, 4) is 23.0 Å². The van der Waals surface area contributed by atoms with Gasteiger partial charge in [-0.25, -0.2) is 4.98 Å². The highest BCUT2D eigenvalue weighted by Gasteiger charge is 2.24. The maximum atomic E-state index is 13.4. The SMILES string of the molecule is COc1ccc(OC)c(NC(=O)CSc2nc3ccccc3c(=O)n2CC2COc3ccccc3O2)c1. The van der Waals surface area contributed by atoms with E-state index in [4.69, 9.17) is 23.9 Å². The van der Waals surface area contributed by atoms with Crippen LogP contribution in [0.2, 0.25) is 0 Å². The number of rotatable bonds is 8. The number of nitrogens with one attached hydrogen (secondary N) is 1. The third-order valence-electron chi connectivity index (χ3n) is 5.79. The van der Waals surface area contributed by atoms with Gasteiger partial charge in [0, 0.05) is 6.07 Å². The van der Waals surface area contributed by atoms with Gasteiger partial charge in [-0.2, -0.15) is 0 Å². The number of amides is 1. The van der Waals surface area contributed by atoms with Gasteiger partial charge in [0.1, 0.15) is 18.1 Å². The highest BCUT2D eigenvalue weighted by atomic mass is 32.2. The van der Waals surface area contributed by atoms with E-state index in [1.807, 2.05) is 30.3 Å². The first-order valence-corrected chi connectivity index (χ1v) is 12.6. The van der Waals surface area contributed by atoms with Crippen LogP contribution in [-0.4, -0.2) is 48.1 Å². The number of hydrogen-bond acceptors (Lipinski definition) is 8. The van der Waals surface area contributed by atoms with Gasteiger partial charge in [-0.3, -0.25) is 14.2 Å². The molecule has 0 saturated heterocycles. The van der Waals surface area contributed by atoms with Gasteiger partial charge in [0.2, 0.25) is 5.91 Å². The summed E-state index contributed by atoms with van der Waals surface area (Å²) in [5.74, 6) is 2.13. The summed E-state index contributed by atoms with van der Waals surface area (Å²) in [5, 5.41) is 3.76. The van der Waals surface area contributed by atoms with Crippen LogP contribution < -0.4 is 29.8 Å². The zero-order valence-corrected chi connectivity index (χ0v) is 21.1. The standard InChI is InChI=1S/C27H25N3O6S/c1-33-17-11-12-22(34-2)21(13-17)28-25(31)16-37-27-29-20-8-4-3-7-19(20)26(32)30(27)14-18-15-35-23-9-5-6-10-24(23)36-18/h3-13,18H,14-16H2,1-2H3,(H,28,31). The van der Waals surface area contributed by atoms with Gasteiger partial charge in [0.05, 0.1) is 43.1 Å². The van der Waals surface area contributed by atoms with Crippen LogP contribution in [-0.2, 0) is 11.3 Å². The number of para-hydroxylation sites is 3. The number of carbonyl (C=O) groups excluding carboxylic acids is 1. The van der Waals surface area contributed by atoms with Gasteiger partial charge in [0.15, 0.2) is 22.8 Å². The normalized spacial score (nSPS) is 14.3. The fraction of sp³-hybridized carbons (Fsp3) is 0.222. The number of fused-ring (bicyclic) bond motifs is 2. The van der Waals surface area contributed by atoms with E-state index in [2.05, 4.69) is 5.32 Å². The van der Waals surface area contributed by atoms with Crippen molar-refractivity contribution in [1.29, 1.82) is 0 Å². The van der Waals surface area contributed by atoms with Crippen molar-refractivity contribution in [2.45, 2.75) is 17.8 Å². The van der Waals surface area contributed by atoms with E-state index in [0.29, 0.717) is 44.7 Å². The van der Waals surface area contributed by atoms with E-state index in [9.17, 15) is 9.59 Å². The maximum Gasteiger partial charge on any atom is 0.262 e. The number of thioether (sulfide) groups is 1. The number of carbonyl (C=O) groups is 1. The van der Waals surface area contributed by atoms with Gasteiger partial charge < -0.3 is 24.3 Å². The molecule has 1 aromatic heterocycles. The molecule has 1 amide bonds.